The van der Waals surface area contributed by atoms with E-state index in [0.29, 0.717) is 11.2 Å². The molecule has 0 unspecified atom stereocenters. The summed E-state index contributed by atoms with van der Waals surface area (Å²) in [5.41, 5.74) is 6.46. The van der Waals surface area contributed by atoms with Gasteiger partial charge in [0.1, 0.15) is 24.1 Å². The number of rotatable bonds is 4. The lowest BCUT2D eigenvalue weighted by Gasteiger charge is -2.23. The SMILES string of the molecule is Nc1ncnc2c1ncn2[C@H]1CO[C@@H](CO)[C@@H]1OP(=O)(O)O. The largest absolute Gasteiger partial charge is 0.470 e. The van der Waals surface area contributed by atoms with E-state index in [1.807, 2.05) is 0 Å². The molecule has 12 heteroatoms. The van der Waals surface area contributed by atoms with Gasteiger partial charge < -0.3 is 29.9 Å². The van der Waals surface area contributed by atoms with Crippen molar-refractivity contribution in [2.24, 2.45) is 0 Å². The van der Waals surface area contributed by atoms with E-state index in [1.165, 1.54) is 12.7 Å². The van der Waals surface area contributed by atoms with Crippen LogP contribution in [-0.4, -0.2) is 59.8 Å². The molecular weight excluding hydrogens is 317 g/mol. The van der Waals surface area contributed by atoms with Crippen molar-refractivity contribution in [2.45, 2.75) is 18.2 Å². The molecule has 3 heterocycles. The van der Waals surface area contributed by atoms with E-state index in [-0.39, 0.29) is 12.4 Å². The van der Waals surface area contributed by atoms with Crippen molar-refractivity contribution < 1.29 is 28.7 Å². The van der Waals surface area contributed by atoms with E-state index >= 15 is 0 Å². The van der Waals surface area contributed by atoms with Gasteiger partial charge in [-0.15, -0.1) is 0 Å². The minimum atomic E-state index is -4.76. The van der Waals surface area contributed by atoms with Gasteiger partial charge in [-0.25, -0.2) is 19.5 Å². The van der Waals surface area contributed by atoms with Gasteiger partial charge in [0.2, 0.25) is 0 Å². The number of ether oxygens (including phenoxy) is 1. The van der Waals surface area contributed by atoms with E-state index in [2.05, 4.69) is 15.0 Å². The summed E-state index contributed by atoms with van der Waals surface area (Å²) in [6.07, 6.45) is 0.752. The van der Waals surface area contributed by atoms with Crippen LogP contribution >= 0.6 is 7.82 Å². The summed E-state index contributed by atoms with van der Waals surface area (Å²) in [5, 5.41) is 9.28. The molecule has 0 amide bonds. The predicted molar refractivity (Wildman–Crippen MR) is 72.5 cm³/mol. The Morgan fingerprint density at radius 1 is 1.45 bits per heavy atom. The zero-order valence-corrected chi connectivity index (χ0v) is 12.1. The number of hydrogen-bond donors (Lipinski definition) is 4. The molecule has 5 N–H and O–H groups in total. The topological polar surface area (TPSA) is 166 Å². The van der Waals surface area contributed by atoms with Gasteiger partial charge in [0.25, 0.3) is 0 Å². The van der Waals surface area contributed by atoms with Crippen LogP contribution in [0.15, 0.2) is 12.7 Å². The molecule has 3 atom stereocenters. The van der Waals surface area contributed by atoms with E-state index in [9.17, 15) is 9.67 Å². The van der Waals surface area contributed by atoms with Gasteiger partial charge >= 0.3 is 7.82 Å². The number of nitrogens with zero attached hydrogens (tertiary/aromatic N) is 4. The summed E-state index contributed by atoms with van der Waals surface area (Å²) in [7, 11) is -4.76. The third-order valence-electron chi connectivity index (χ3n) is 3.41. The number of fused-ring (bicyclic) bond motifs is 1. The molecule has 0 bridgehead atoms. The van der Waals surface area contributed by atoms with Gasteiger partial charge in [-0.2, -0.15) is 0 Å². The van der Waals surface area contributed by atoms with E-state index < -0.39 is 32.7 Å². The highest BCUT2D eigenvalue weighted by Crippen LogP contribution is 2.43. The number of aromatic nitrogens is 4. The van der Waals surface area contributed by atoms with Crippen LogP contribution in [0.2, 0.25) is 0 Å². The molecule has 0 spiro atoms. The zero-order valence-electron chi connectivity index (χ0n) is 11.2. The third-order valence-corrected chi connectivity index (χ3v) is 3.93. The van der Waals surface area contributed by atoms with Crippen LogP contribution in [0.5, 0.6) is 0 Å². The number of phosphoric acid groups is 1. The molecular formula is C10H14N5O6P. The van der Waals surface area contributed by atoms with Gasteiger partial charge in [-0.3, -0.25) is 4.52 Å². The van der Waals surface area contributed by atoms with Crippen molar-refractivity contribution in [3.05, 3.63) is 12.7 Å². The number of anilines is 1. The predicted octanol–water partition coefficient (Wildman–Crippen LogP) is -1.18. The average molecular weight is 331 g/mol. The van der Waals surface area contributed by atoms with Gasteiger partial charge in [0, 0.05) is 0 Å². The molecule has 1 saturated heterocycles. The molecule has 22 heavy (non-hydrogen) atoms. The summed E-state index contributed by atoms with van der Waals surface area (Å²) >= 11 is 0. The van der Waals surface area contributed by atoms with Crippen LogP contribution in [0.3, 0.4) is 0 Å². The number of aliphatic hydroxyl groups is 1. The highest BCUT2D eigenvalue weighted by atomic mass is 31.2. The minimum Gasteiger partial charge on any atom is -0.394 e. The molecule has 120 valence electrons. The lowest BCUT2D eigenvalue weighted by Crippen LogP contribution is -2.33. The van der Waals surface area contributed by atoms with Gasteiger partial charge in [0.15, 0.2) is 11.5 Å². The molecule has 0 saturated carbocycles. The molecule has 2 aromatic heterocycles. The molecule has 0 aromatic carbocycles. The fourth-order valence-corrected chi connectivity index (χ4v) is 3.06. The van der Waals surface area contributed by atoms with Gasteiger partial charge in [0.05, 0.1) is 25.6 Å². The Kier molecular flexibility index (Phi) is 3.85. The second-order valence-electron chi connectivity index (χ2n) is 4.77. The van der Waals surface area contributed by atoms with E-state index in [0.717, 1.165) is 0 Å². The Balaban J connectivity index is 2.01. The van der Waals surface area contributed by atoms with Crippen LogP contribution in [0.1, 0.15) is 6.04 Å². The van der Waals surface area contributed by atoms with Crippen LogP contribution < -0.4 is 5.73 Å². The number of aliphatic hydroxyl groups excluding tert-OH is 1. The molecule has 1 aliphatic heterocycles. The Labute approximate surface area is 124 Å². The molecule has 0 aliphatic carbocycles. The van der Waals surface area contributed by atoms with Crippen LogP contribution in [-0.2, 0) is 13.8 Å². The number of imidazole rings is 1. The van der Waals surface area contributed by atoms with Gasteiger partial charge in [-0.1, -0.05) is 0 Å². The molecule has 11 nitrogen and oxygen atoms in total. The normalized spacial score (nSPS) is 25.9. The second-order valence-corrected chi connectivity index (χ2v) is 5.96. The van der Waals surface area contributed by atoms with Crippen molar-refractivity contribution in [3.63, 3.8) is 0 Å². The Morgan fingerprint density at radius 2 is 2.23 bits per heavy atom. The van der Waals surface area contributed by atoms with E-state index in [1.54, 1.807) is 4.57 Å². The molecule has 0 radical (unpaired) electrons. The maximum absolute atomic E-state index is 11.1. The summed E-state index contributed by atoms with van der Waals surface area (Å²) in [4.78, 5) is 30.1. The second kappa shape index (κ2) is 5.54. The van der Waals surface area contributed by atoms with Crippen molar-refractivity contribution in [2.75, 3.05) is 18.9 Å². The smallest absolute Gasteiger partial charge is 0.394 e. The summed E-state index contributed by atoms with van der Waals surface area (Å²) < 4.78 is 22.8. The van der Waals surface area contributed by atoms with E-state index in [4.69, 9.17) is 24.8 Å². The Bertz CT molecular complexity index is 732. The highest BCUT2D eigenvalue weighted by molar-refractivity contribution is 7.46. The van der Waals surface area contributed by atoms with Crippen molar-refractivity contribution in [3.8, 4) is 0 Å². The van der Waals surface area contributed by atoms with Crippen LogP contribution in [0.4, 0.5) is 5.82 Å². The maximum Gasteiger partial charge on any atom is 0.470 e. The van der Waals surface area contributed by atoms with Crippen molar-refractivity contribution in [1.82, 2.24) is 19.5 Å². The summed E-state index contributed by atoms with van der Waals surface area (Å²) in [6.45, 7) is -0.365. The lowest BCUT2D eigenvalue weighted by molar-refractivity contribution is 0.00152. The first-order chi connectivity index (χ1) is 10.4. The highest BCUT2D eigenvalue weighted by Gasteiger charge is 2.43. The average Bonchev–Trinajstić information content (AvgIpc) is 3.01. The van der Waals surface area contributed by atoms with Crippen LogP contribution in [0.25, 0.3) is 11.2 Å². The van der Waals surface area contributed by atoms with Crippen LogP contribution in [0, 0.1) is 0 Å². The quantitative estimate of drug-likeness (QED) is 0.501. The minimum absolute atomic E-state index is 0.0747. The summed E-state index contributed by atoms with van der Waals surface area (Å²) in [6, 6.07) is -0.621. The fourth-order valence-electron chi connectivity index (χ4n) is 2.46. The third kappa shape index (κ3) is 2.70. The number of nitrogen functional groups attached to an aromatic ring is 1. The molecule has 3 rings (SSSR count). The first-order valence-corrected chi connectivity index (χ1v) is 7.83. The number of nitrogens with two attached hydrogens (primary N) is 1. The van der Waals surface area contributed by atoms with Crippen molar-refractivity contribution in [1.29, 1.82) is 0 Å². The first kappa shape index (κ1) is 15.3. The number of phosphoric ester groups is 1. The monoisotopic (exact) mass is 331 g/mol. The van der Waals surface area contributed by atoms with Crippen molar-refractivity contribution >= 4 is 24.8 Å². The zero-order chi connectivity index (χ0) is 15.9. The maximum atomic E-state index is 11.1. The Morgan fingerprint density at radius 3 is 2.91 bits per heavy atom. The fraction of sp³-hybridized carbons (Fsp3) is 0.500. The summed E-state index contributed by atoms with van der Waals surface area (Å²) in [5.74, 6) is 0.189. The molecule has 1 aliphatic rings. The first-order valence-electron chi connectivity index (χ1n) is 6.30. The standard InChI is InChI=1S/C10H14N5O6P/c11-9-7-10(13-3-12-9)15(4-14-7)5-2-20-6(1-16)8(5)21-22(17,18)19/h3-6,8,16H,1-2H2,(H2,11,12,13)(H2,17,18,19)/t5-,6-,8+/m0/s1. The number of hydrogen-bond acceptors (Lipinski definition) is 8. The Hall–Kier alpha value is -1.62. The lowest BCUT2D eigenvalue weighted by atomic mass is 10.1. The van der Waals surface area contributed by atoms with Gasteiger partial charge in [-0.05, 0) is 0 Å². The molecule has 2 aromatic rings. The molecule has 1 fully saturated rings.